The molecule has 0 aliphatic rings. The zero-order chi connectivity index (χ0) is 14.1. The Labute approximate surface area is 115 Å². The molecule has 3 nitrogen and oxygen atoms in total. The Balaban J connectivity index is 1.86. The zero-order valence-corrected chi connectivity index (χ0v) is 11.0. The number of aryl methyl sites for hydroxylation is 1. The van der Waals surface area contributed by atoms with Crippen LogP contribution in [-0.2, 0) is 13.7 Å². The topological polar surface area (TPSA) is 34.4 Å². The van der Waals surface area contributed by atoms with Gasteiger partial charge in [0, 0.05) is 12.4 Å². The minimum Gasteiger partial charge on any atom is -0.508 e. The number of halogens is 1. The van der Waals surface area contributed by atoms with Crippen molar-refractivity contribution >= 4 is 10.9 Å². The third-order valence-electron chi connectivity index (χ3n) is 3.33. The van der Waals surface area contributed by atoms with E-state index in [1.165, 1.54) is 6.07 Å². The summed E-state index contributed by atoms with van der Waals surface area (Å²) in [5.41, 5.74) is 1.47. The molecular formula is C16H14FNO2. The highest BCUT2D eigenvalue weighted by Crippen LogP contribution is 2.23. The van der Waals surface area contributed by atoms with E-state index in [0.717, 1.165) is 11.1 Å². The van der Waals surface area contributed by atoms with E-state index in [0.29, 0.717) is 17.9 Å². The van der Waals surface area contributed by atoms with E-state index in [9.17, 15) is 9.50 Å². The van der Waals surface area contributed by atoms with Crippen LogP contribution in [0, 0.1) is 5.82 Å². The number of nitrogens with zero attached hydrogens (tertiary/aromatic N) is 1. The number of phenols is 1. The van der Waals surface area contributed by atoms with Crippen LogP contribution in [0.5, 0.6) is 11.5 Å². The van der Waals surface area contributed by atoms with E-state index in [1.807, 2.05) is 19.2 Å². The van der Waals surface area contributed by atoms with Crippen LogP contribution >= 0.6 is 0 Å². The highest BCUT2D eigenvalue weighted by atomic mass is 19.1. The molecule has 0 saturated heterocycles. The Morgan fingerprint density at radius 3 is 2.60 bits per heavy atom. The maximum absolute atomic E-state index is 13.8. The molecule has 2 aromatic carbocycles. The molecule has 1 heterocycles. The first-order valence-corrected chi connectivity index (χ1v) is 6.30. The molecule has 4 heteroatoms. The smallest absolute Gasteiger partial charge is 0.147 e. The lowest BCUT2D eigenvalue weighted by atomic mass is 10.2. The maximum Gasteiger partial charge on any atom is 0.147 e. The van der Waals surface area contributed by atoms with Crippen molar-refractivity contribution < 1.29 is 14.2 Å². The SMILES string of the molecule is Cn1c(COc2ccc(O)cc2)cc2cccc(F)c21. The first-order valence-electron chi connectivity index (χ1n) is 6.30. The highest BCUT2D eigenvalue weighted by molar-refractivity contribution is 5.81. The van der Waals surface area contributed by atoms with Crippen LogP contribution in [0.3, 0.4) is 0 Å². The number of aromatic hydroxyl groups is 1. The average molecular weight is 271 g/mol. The van der Waals surface area contributed by atoms with E-state index < -0.39 is 0 Å². The first kappa shape index (κ1) is 12.5. The van der Waals surface area contributed by atoms with Crippen molar-refractivity contribution in [2.75, 3.05) is 0 Å². The molecule has 0 amide bonds. The molecule has 20 heavy (non-hydrogen) atoms. The number of para-hydroxylation sites is 1. The number of hydrogen-bond donors (Lipinski definition) is 1. The number of hydrogen-bond acceptors (Lipinski definition) is 2. The Morgan fingerprint density at radius 2 is 1.90 bits per heavy atom. The summed E-state index contributed by atoms with van der Waals surface area (Å²) in [6.45, 7) is 0.343. The lowest BCUT2D eigenvalue weighted by Crippen LogP contribution is -2.02. The summed E-state index contributed by atoms with van der Waals surface area (Å²) in [6.07, 6.45) is 0. The fourth-order valence-corrected chi connectivity index (χ4v) is 2.26. The second-order valence-corrected chi connectivity index (χ2v) is 4.65. The third kappa shape index (κ3) is 2.20. The molecule has 0 aliphatic carbocycles. The highest BCUT2D eigenvalue weighted by Gasteiger charge is 2.09. The Morgan fingerprint density at radius 1 is 1.15 bits per heavy atom. The van der Waals surface area contributed by atoms with E-state index in [1.54, 1.807) is 34.9 Å². The molecule has 0 fully saturated rings. The standard InChI is InChI=1S/C16H14FNO2/c1-18-12(9-11-3-2-4-15(17)16(11)18)10-20-14-7-5-13(19)6-8-14/h2-9,19H,10H2,1H3. The van der Waals surface area contributed by atoms with Gasteiger partial charge in [-0.1, -0.05) is 12.1 Å². The van der Waals surface area contributed by atoms with Gasteiger partial charge in [-0.3, -0.25) is 0 Å². The Bertz CT molecular complexity index is 747. The molecule has 0 radical (unpaired) electrons. The van der Waals surface area contributed by atoms with Crippen molar-refractivity contribution in [1.29, 1.82) is 0 Å². The lowest BCUT2D eigenvalue weighted by molar-refractivity contribution is 0.297. The van der Waals surface area contributed by atoms with Crippen molar-refractivity contribution in [2.45, 2.75) is 6.61 Å². The molecular weight excluding hydrogens is 257 g/mol. The molecule has 102 valence electrons. The minimum absolute atomic E-state index is 0.198. The number of rotatable bonds is 3. The zero-order valence-electron chi connectivity index (χ0n) is 11.0. The van der Waals surface area contributed by atoms with Gasteiger partial charge in [-0.2, -0.15) is 0 Å². The van der Waals surface area contributed by atoms with Crippen LogP contribution in [-0.4, -0.2) is 9.67 Å². The summed E-state index contributed by atoms with van der Waals surface area (Å²) in [6, 6.07) is 13.5. The average Bonchev–Trinajstić information content (AvgIpc) is 2.76. The van der Waals surface area contributed by atoms with Crippen LogP contribution in [0.15, 0.2) is 48.5 Å². The molecule has 0 saturated carbocycles. The molecule has 0 bridgehead atoms. The summed E-state index contributed by atoms with van der Waals surface area (Å²) in [5, 5.41) is 10.1. The summed E-state index contributed by atoms with van der Waals surface area (Å²) in [4.78, 5) is 0. The normalized spacial score (nSPS) is 10.9. The van der Waals surface area contributed by atoms with Crippen LogP contribution < -0.4 is 4.74 Å². The fourth-order valence-electron chi connectivity index (χ4n) is 2.26. The number of benzene rings is 2. The molecule has 0 atom stereocenters. The summed E-state index contributed by atoms with van der Waals surface area (Å²) < 4.78 is 21.2. The van der Waals surface area contributed by atoms with Gasteiger partial charge in [0.25, 0.3) is 0 Å². The van der Waals surface area contributed by atoms with Gasteiger partial charge in [0.15, 0.2) is 0 Å². The Hall–Kier alpha value is -2.49. The second-order valence-electron chi connectivity index (χ2n) is 4.65. The lowest BCUT2D eigenvalue weighted by Gasteiger charge is -2.07. The number of phenolic OH excluding ortho intramolecular Hbond substituents is 1. The van der Waals surface area contributed by atoms with Crippen molar-refractivity contribution in [2.24, 2.45) is 7.05 Å². The molecule has 0 spiro atoms. The van der Waals surface area contributed by atoms with Gasteiger partial charge in [-0.15, -0.1) is 0 Å². The molecule has 1 aromatic heterocycles. The molecule has 0 unspecified atom stereocenters. The van der Waals surface area contributed by atoms with Crippen LogP contribution in [0.1, 0.15) is 5.69 Å². The molecule has 3 aromatic rings. The molecule has 3 rings (SSSR count). The second kappa shape index (κ2) is 4.89. The predicted molar refractivity (Wildman–Crippen MR) is 75.3 cm³/mol. The summed E-state index contributed by atoms with van der Waals surface area (Å²) >= 11 is 0. The van der Waals surface area contributed by atoms with Gasteiger partial charge >= 0.3 is 0 Å². The summed E-state index contributed by atoms with van der Waals surface area (Å²) in [7, 11) is 1.82. The van der Waals surface area contributed by atoms with Crippen LogP contribution in [0.4, 0.5) is 4.39 Å². The quantitative estimate of drug-likeness (QED) is 0.789. The number of aromatic nitrogens is 1. The third-order valence-corrected chi connectivity index (χ3v) is 3.33. The van der Waals surface area contributed by atoms with Gasteiger partial charge < -0.3 is 14.4 Å². The van der Waals surface area contributed by atoms with Gasteiger partial charge in [0.05, 0.1) is 11.2 Å². The van der Waals surface area contributed by atoms with Gasteiger partial charge in [-0.05, 0) is 36.4 Å². The van der Waals surface area contributed by atoms with E-state index >= 15 is 0 Å². The van der Waals surface area contributed by atoms with Crippen molar-refractivity contribution in [3.05, 3.63) is 60.0 Å². The monoisotopic (exact) mass is 271 g/mol. The van der Waals surface area contributed by atoms with Crippen LogP contribution in [0.2, 0.25) is 0 Å². The van der Waals surface area contributed by atoms with Crippen LogP contribution in [0.25, 0.3) is 10.9 Å². The largest absolute Gasteiger partial charge is 0.508 e. The first-order chi connectivity index (χ1) is 9.65. The van der Waals surface area contributed by atoms with E-state index in [2.05, 4.69) is 0 Å². The number of ether oxygens (including phenoxy) is 1. The summed E-state index contributed by atoms with van der Waals surface area (Å²) in [5.74, 6) is 0.624. The van der Waals surface area contributed by atoms with Crippen molar-refractivity contribution in [3.63, 3.8) is 0 Å². The molecule has 1 N–H and O–H groups in total. The van der Waals surface area contributed by atoms with Gasteiger partial charge in [-0.25, -0.2) is 4.39 Å². The van der Waals surface area contributed by atoms with Crippen molar-refractivity contribution in [1.82, 2.24) is 4.57 Å². The van der Waals surface area contributed by atoms with Crippen molar-refractivity contribution in [3.8, 4) is 11.5 Å². The minimum atomic E-state index is -0.235. The maximum atomic E-state index is 13.8. The van der Waals surface area contributed by atoms with E-state index in [-0.39, 0.29) is 11.6 Å². The van der Waals surface area contributed by atoms with Gasteiger partial charge in [0.1, 0.15) is 23.9 Å². The van der Waals surface area contributed by atoms with E-state index in [4.69, 9.17) is 4.74 Å². The Kier molecular flexibility index (Phi) is 3.06. The fraction of sp³-hybridized carbons (Fsp3) is 0.125. The molecule has 0 aliphatic heterocycles. The van der Waals surface area contributed by atoms with Gasteiger partial charge in [0.2, 0.25) is 0 Å². The number of fused-ring (bicyclic) bond motifs is 1. The predicted octanol–water partition coefficient (Wildman–Crippen LogP) is 3.60.